The molecule has 2 aromatic rings. The molecule has 0 unspecified atom stereocenters. The fourth-order valence-corrected chi connectivity index (χ4v) is 4.65. The zero-order chi connectivity index (χ0) is 19.6. The number of hydrogen-bond acceptors (Lipinski definition) is 4. The zero-order valence-electron chi connectivity index (χ0n) is 16.0. The van der Waals surface area contributed by atoms with Gasteiger partial charge in [-0.1, -0.05) is 17.7 Å². The van der Waals surface area contributed by atoms with Gasteiger partial charge in [0.05, 0.1) is 0 Å². The van der Waals surface area contributed by atoms with Crippen molar-refractivity contribution in [3.8, 4) is 0 Å². The lowest BCUT2D eigenvalue weighted by Gasteiger charge is -2.37. The summed E-state index contributed by atoms with van der Waals surface area (Å²) < 4.78 is 0. The molecule has 0 bridgehead atoms. The number of piperazine rings is 1. The molecule has 0 radical (unpaired) electrons. The third kappa shape index (κ3) is 4.71. The standard InChI is InChI=1S/C21H25ClN2O2S/c1-14-4-5-17(22)13-19(14)23-8-10-24(11-9-23)21(26)7-6-20(25)18-12-15(2)27-16(18)3/h4-5,12-13H,6-11H2,1-3H3. The highest BCUT2D eigenvalue weighted by atomic mass is 35.5. The molecule has 0 N–H and O–H groups in total. The molecule has 6 heteroatoms. The van der Waals surface area contributed by atoms with Crippen LogP contribution in [-0.2, 0) is 4.79 Å². The van der Waals surface area contributed by atoms with Gasteiger partial charge < -0.3 is 9.80 Å². The van der Waals surface area contributed by atoms with Crippen LogP contribution in [0.25, 0.3) is 0 Å². The molecular weight excluding hydrogens is 380 g/mol. The first-order valence-corrected chi connectivity index (χ1v) is 10.4. The van der Waals surface area contributed by atoms with Crippen LogP contribution in [0.1, 0.15) is 38.5 Å². The average Bonchev–Trinajstić information content (AvgIpc) is 3.00. The van der Waals surface area contributed by atoms with Gasteiger partial charge in [0.1, 0.15) is 0 Å². The lowest BCUT2D eigenvalue weighted by Crippen LogP contribution is -2.49. The third-order valence-electron chi connectivity index (χ3n) is 5.05. The van der Waals surface area contributed by atoms with Crippen LogP contribution in [-0.4, -0.2) is 42.8 Å². The molecule has 1 fully saturated rings. The molecule has 1 aromatic heterocycles. The number of rotatable bonds is 5. The molecular formula is C21H25ClN2O2S. The van der Waals surface area contributed by atoms with Crippen molar-refractivity contribution in [1.82, 2.24) is 4.90 Å². The van der Waals surface area contributed by atoms with Crippen LogP contribution in [0.4, 0.5) is 5.69 Å². The number of carbonyl (C=O) groups excluding carboxylic acids is 2. The molecule has 1 amide bonds. The number of halogens is 1. The van der Waals surface area contributed by atoms with E-state index in [0.29, 0.717) is 13.1 Å². The van der Waals surface area contributed by atoms with Crippen molar-refractivity contribution in [2.24, 2.45) is 0 Å². The van der Waals surface area contributed by atoms with Crippen molar-refractivity contribution < 1.29 is 9.59 Å². The topological polar surface area (TPSA) is 40.6 Å². The molecule has 0 saturated carbocycles. The Kier molecular flexibility index (Phi) is 6.22. The highest BCUT2D eigenvalue weighted by Crippen LogP contribution is 2.26. The van der Waals surface area contributed by atoms with E-state index in [9.17, 15) is 9.59 Å². The Morgan fingerprint density at radius 2 is 1.74 bits per heavy atom. The summed E-state index contributed by atoms with van der Waals surface area (Å²) in [5, 5.41) is 0.728. The summed E-state index contributed by atoms with van der Waals surface area (Å²) >= 11 is 7.76. The molecule has 1 saturated heterocycles. The summed E-state index contributed by atoms with van der Waals surface area (Å²) in [7, 11) is 0. The smallest absolute Gasteiger partial charge is 0.223 e. The predicted octanol–water partition coefficient (Wildman–Crippen LogP) is 4.64. The van der Waals surface area contributed by atoms with Crippen molar-refractivity contribution in [3.63, 3.8) is 0 Å². The molecule has 1 aliphatic rings. The van der Waals surface area contributed by atoms with E-state index < -0.39 is 0 Å². The van der Waals surface area contributed by atoms with Gasteiger partial charge in [-0.25, -0.2) is 0 Å². The normalized spacial score (nSPS) is 14.5. The van der Waals surface area contributed by atoms with Crippen LogP contribution in [0.15, 0.2) is 24.3 Å². The fourth-order valence-electron chi connectivity index (χ4n) is 3.54. The van der Waals surface area contributed by atoms with Gasteiger partial charge in [-0.15, -0.1) is 11.3 Å². The molecule has 0 spiro atoms. The van der Waals surface area contributed by atoms with Gasteiger partial charge in [0.2, 0.25) is 5.91 Å². The van der Waals surface area contributed by atoms with Gasteiger partial charge in [0.25, 0.3) is 0 Å². The summed E-state index contributed by atoms with van der Waals surface area (Å²) in [5.41, 5.74) is 3.09. The lowest BCUT2D eigenvalue weighted by atomic mass is 10.1. The van der Waals surface area contributed by atoms with Crippen LogP contribution in [0.2, 0.25) is 5.02 Å². The van der Waals surface area contributed by atoms with E-state index in [1.165, 1.54) is 5.56 Å². The molecule has 27 heavy (non-hydrogen) atoms. The molecule has 2 heterocycles. The summed E-state index contributed by atoms with van der Waals surface area (Å²) in [6, 6.07) is 7.83. The molecule has 0 atom stereocenters. The second-order valence-corrected chi connectivity index (χ2v) is 8.95. The van der Waals surface area contributed by atoms with Gasteiger partial charge >= 0.3 is 0 Å². The highest BCUT2D eigenvalue weighted by molar-refractivity contribution is 7.12. The minimum atomic E-state index is 0.0652. The van der Waals surface area contributed by atoms with Crippen molar-refractivity contribution >= 4 is 40.3 Å². The predicted molar refractivity (Wildman–Crippen MR) is 112 cm³/mol. The second kappa shape index (κ2) is 8.44. The van der Waals surface area contributed by atoms with Gasteiger partial charge in [0, 0.05) is 65.0 Å². The first-order valence-electron chi connectivity index (χ1n) is 9.24. The minimum absolute atomic E-state index is 0.0652. The number of ketones is 1. The number of benzene rings is 1. The minimum Gasteiger partial charge on any atom is -0.368 e. The molecule has 144 valence electrons. The Labute approximate surface area is 169 Å². The largest absolute Gasteiger partial charge is 0.368 e. The molecule has 1 aliphatic heterocycles. The van der Waals surface area contributed by atoms with E-state index in [0.717, 1.165) is 39.1 Å². The zero-order valence-corrected chi connectivity index (χ0v) is 17.6. The molecule has 0 aliphatic carbocycles. The van der Waals surface area contributed by atoms with Gasteiger partial charge in [0.15, 0.2) is 5.78 Å². The first-order chi connectivity index (χ1) is 12.8. The first kappa shape index (κ1) is 19.9. The van der Waals surface area contributed by atoms with E-state index in [2.05, 4.69) is 11.8 Å². The Morgan fingerprint density at radius 3 is 2.37 bits per heavy atom. The van der Waals surface area contributed by atoms with Gasteiger partial charge in [-0.3, -0.25) is 9.59 Å². The van der Waals surface area contributed by atoms with Gasteiger partial charge in [-0.05, 0) is 44.5 Å². The molecule has 1 aromatic carbocycles. The fraction of sp³-hybridized carbons (Fsp3) is 0.429. The van der Waals surface area contributed by atoms with E-state index >= 15 is 0 Å². The third-order valence-corrected chi connectivity index (χ3v) is 6.25. The number of Topliss-reactive ketones (excluding diaryl/α,β-unsaturated/α-hetero) is 1. The quantitative estimate of drug-likeness (QED) is 0.681. The van der Waals surface area contributed by atoms with Crippen molar-refractivity contribution in [3.05, 3.63) is 50.2 Å². The lowest BCUT2D eigenvalue weighted by molar-refractivity contribution is -0.131. The van der Waals surface area contributed by atoms with E-state index in [1.807, 2.05) is 43.0 Å². The Bertz CT molecular complexity index is 854. The summed E-state index contributed by atoms with van der Waals surface area (Å²) in [6.45, 7) is 8.95. The van der Waals surface area contributed by atoms with E-state index in [-0.39, 0.29) is 24.5 Å². The number of thiophene rings is 1. The van der Waals surface area contributed by atoms with E-state index in [1.54, 1.807) is 11.3 Å². The number of hydrogen-bond donors (Lipinski definition) is 0. The number of nitrogens with zero attached hydrogens (tertiary/aromatic N) is 2. The SMILES string of the molecule is Cc1cc(C(=O)CCC(=O)N2CCN(c3cc(Cl)ccc3C)CC2)c(C)s1. The maximum absolute atomic E-state index is 12.5. The summed E-state index contributed by atoms with van der Waals surface area (Å²) in [6.07, 6.45) is 0.562. The second-order valence-electron chi connectivity index (χ2n) is 7.05. The monoisotopic (exact) mass is 404 g/mol. The maximum Gasteiger partial charge on any atom is 0.223 e. The van der Waals surface area contributed by atoms with Crippen LogP contribution in [0.5, 0.6) is 0 Å². The Morgan fingerprint density at radius 1 is 1.04 bits per heavy atom. The van der Waals surface area contributed by atoms with Crippen LogP contribution in [0, 0.1) is 20.8 Å². The van der Waals surface area contributed by atoms with Crippen molar-refractivity contribution in [2.75, 3.05) is 31.1 Å². The highest BCUT2D eigenvalue weighted by Gasteiger charge is 2.23. The van der Waals surface area contributed by atoms with Crippen LogP contribution < -0.4 is 4.90 Å². The van der Waals surface area contributed by atoms with Crippen LogP contribution >= 0.6 is 22.9 Å². The summed E-state index contributed by atoms with van der Waals surface area (Å²) in [5.74, 6) is 0.133. The number of carbonyl (C=O) groups is 2. The molecule has 4 nitrogen and oxygen atoms in total. The van der Waals surface area contributed by atoms with Crippen LogP contribution in [0.3, 0.4) is 0 Å². The number of aryl methyl sites for hydroxylation is 3. The average molecular weight is 405 g/mol. The Balaban J connectivity index is 1.52. The summed E-state index contributed by atoms with van der Waals surface area (Å²) in [4.78, 5) is 31.2. The van der Waals surface area contributed by atoms with E-state index in [4.69, 9.17) is 11.6 Å². The number of anilines is 1. The Hall–Kier alpha value is -1.85. The molecule has 3 rings (SSSR count). The van der Waals surface area contributed by atoms with Crippen molar-refractivity contribution in [2.45, 2.75) is 33.6 Å². The maximum atomic E-state index is 12.5. The van der Waals surface area contributed by atoms with Crippen molar-refractivity contribution in [1.29, 1.82) is 0 Å². The number of amides is 1. The van der Waals surface area contributed by atoms with Gasteiger partial charge in [-0.2, -0.15) is 0 Å².